The van der Waals surface area contributed by atoms with E-state index in [9.17, 15) is 23.6 Å². The predicted octanol–water partition coefficient (Wildman–Crippen LogP) is 5.64. The summed E-state index contributed by atoms with van der Waals surface area (Å²) in [4.78, 5) is 58.2. The minimum Gasteiger partial charge on any atom is -0.372 e. The van der Waals surface area contributed by atoms with E-state index in [1.54, 1.807) is 12.1 Å². The molecule has 3 heterocycles. The highest BCUT2D eigenvalue weighted by Gasteiger charge is 2.56. The van der Waals surface area contributed by atoms with Crippen molar-refractivity contribution >= 4 is 57.9 Å². The van der Waals surface area contributed by atoms with Gasteiger partial charge in [-0.15, -0.1) is 0 Å². The Morgan fingerprint density at radius 2 is 1.57 bits per heavy atom. The molecule has 1 N–H and O–H groups in total. The molecule has 0 aliphatic carbocycles. The number of benzene rings is 3. The van der Waals surface area contributed by atoms with E-state index in [1.807, 2.05) is 43.3 Å². The van der Waals surface area contributed by atoms with Crippen molar-refractivity contribution in [2.24, 2.45) is 5.92 Å². The molecule has 11 heteroatoms. The van der Waals surface area contributed by atoms with E-state index in [2.05, 4.69) is 24.1 Å². The third-order valence-corrected chi connectivity index (χ3v) is 10.8. The summed E-state index contributed by atoms with van der Waals surface area (Å²) in [5.41, 5.74) is 3.79. The molecule has 0 radical (unpaired) electrons. The first-order chi connectivity index (χ1) is 21.2. The molecule has 1 aromatic heterocycles. The highest BCUT2D eigenvalue weighted by molar-refractivity contribution is 8.00. The molecule has 2 aliphatic heterocycles. The summed E-state index contributed by atoms with van der Waals surface area (Å²) in [6.07, 6.45) is 0. The van der Waals surface area contributed by atoms with Crippen LogP contribution in [0.4, 0.5) is 21.5 Å². The number of amides is 3. The van der Waals surface area contributed by atoms with E-state index < -0.39 is 28.8 Å². The van der Waals surface area contributed by atoms with Crippen molar-refractivity contribution in [3.05, 3.63) is 104 Å². The van der Waals surface area contributed by atoms with Crippen LogP contribution in [0.5, 0.6) is 0 Å². The van der Waals surface area contributed by atoms with Crippen molar-refractivity contribution in [2.45, 2.75) is 43.5 Å². The van der Waals surface area contributed by atoms with Gasteiger partial charge in [0.1, 0.15) is 17.6 Å². The van der Waals surface area contributed by atoms with Gasteiger partial charge in [0, 0.05) is 35.3 Å². The number of carbonyl (C=O) groups excluding carboxylic acids is 3. The Labute approximate surface area is 262 Å². The van der Waals surface area contributed by atoms with Crippen molar-refractivity contribution in [1.82, 2.24) is 4.57 Å². The number of imide groups is 1. The summed E-state index contributed by atoms with van der Waals surface area (Å²) >= 11 is 2.18. The number of hydrogen-bond acceptors (Lipinski definition) is 7. The van der Waals surface area contributed by atoms with Crippen LogP contribution in [-0.2, 0) is 20.9 Å². The normalized spacial score (nSPS) is 19.1. The van der Waals surface area contributed by atoms with Crippen LogP contribution in [0.1, 0.15) is 35.8 Å². The number of fused-ring (bicyclic) bond motifs is 2. The fourth-order valence-electron chi connectivity index (χ4n) is 5.92. The smallest absolute Gasteiger partial charge is 0.308 e. The number of thiazole rings is 1. The molecule has 3 amide bonds. The molecule has 44 heavy (non-hydrogen) atoms. The van der Waals surface area contributed by atoms with Gasteiger partial charge in [0.2, 0.25) is 17.7 Å². The van der Waals surface area contributed by atoms with E-state index in [-0.39, 0.29) is 23.2 Å². The van der Waals surface area contributed by atoms with Crippen LogP contribution in [0.2, 0.25) is 0 Å². The zero-order valence-electron chi connectivity index (χ0n) is 24.5. The van der Waals surface area contributed by atoms with Crippen molar-refractivity contribution in [3.63, 3.8) is 0 Å². The number of rotatable bonds is 8. The van der Waals surface area contributed by atoms with Gasteiger partial charge in [0.15, 0.2) is 0 Å². The summed E-state index contributed by atoms with van der Waals surface area (Å²) < 4.78 is 14.7. The lowest BCUT2D eigenvalue weighted by Gasteiger charge is -2.31. The fraction of sp³-hybridized carbons (Fsp3) is 0.273. The second-order valence-corrected chi connectivity index (χ2v) is 13.0. The van der Waals surface area contributed by atoms with E-state index in [1.165, 1.54) is 45.5 Å². The predicted molar refractivity (Wildman–Crippen MR) is 172 cm³/mol. The summed E-state index contributed by atoms with van der Waals surface area (Å²) in [5, 5.41) is 2.44. The molecule has 6 rings (SSSR count). The Morgan fingerprint density at radius 3 is 2.20 bits per heavy atom. The van der Waals surface area contributed by atoms with E-state index in [0.29, 0.717) is 21.3 Å². The summed E-state index contributed by atoms with van der Waals surface area (Å²) in [6.45, 7) is 7.50. The number of aromatic nitrogens is 1. The molecule has 8 nitrogen and oxygen atoms in total. The van der Waals surface area contributed by atoms with Crippen LogP contribution in [-0.4, -0.2) is 40.6 Å². The van der Waals surface area contributed by atoms with Crippen LogP contribution in [0.15, 0.2) is 82.6 Å². The molecule has 3 atom stereocenters. The minimum absolute atomic E-state index is 0.288. The van der Waals surface area contributed by atoms with Crippen molar-refractivity contribution in [1.29, 1.82) is 0 Å². The van der Waals surface area contributed by atoms with Crippen LogP contribution in [0.3, 0.4) is 0 Å². The lowest BCUT2D eigenvalue weighted by Crippen LogP contribution is -2.33. The lowest BCUT2D eigenvalue weighted by atomic mass is 9.83. The Bertz CT molecular complexity index is 1780. The van der Waals surface area contributed by atoms with Gasteiger partial charge in [-0.25, -0.2) is 9.29 Å². The minimum atomic E-state index is -0.774. The largest absolute Gasteiger partial charge is 0.372 e. The number of hydrogen-bond donors (Lipinski definition) is 1. The highest BCUT2D eigenvalue weighted by atomic mass is 32.2. The van der Waals surface area contributed by atoms with Gasteiger partial charge in [-0.1, -0.05) is 52.9 Å². The summed E-state index contributed by atoms with van der Waals surface area (Å²) in [7, 11) is 0. The molecular weight excluding hydrogens is 600 g/mol. The van der Waals surface area contributed by atoms with E-state index >= 15 is 0 Å². The number of carbonyl (C=O) groups is 3. The topological polar surface area (TPSA) is 91.7 Å². The molecule has 3 aromatic carbocycles. The van der Waals surface area contributed by atoms with Crippen molar-refractivity contribution in [3.8, 4) is 0 Å². The van der Waals surface area contributed by atoms with Crippen molar-refractivity contribution in [2.75, 3.05) is 28.2 Å². The molecule has 2 aliphatic rings. The maximum atomic E-state index is 14.1. The summed E-state index contributed by atoms with van der Waals surface area (Å²) in [6, 6.07) is 20.6. The van der Waals surface area contributed by atoms with E-state index in [0.717, 1.165) is 41.2 Å². The lowest BCUT2D eigenvalue weighted by molar-refractivity contribution is -0.122. The highest BCUT2D eigenvalue weighted by Crippen LogP contribution is 2.54. The molecule has 1 saturated heterocycles. The van der Waals surface area contributed by atoms with Crippen LogP contribution in [0.25, 0.3) is 0 Å². The van der Waals surface area contributed by atoms with Crippen LogP contribution in [0, 0.1) is 18.7 Å². The van der Waals surface area contributed by atoms with Crippen molar-refractivity contribution < 1.29 is 18.8 Å². The Kier molecular flexibility index (Phi) is 8.17. The SMILES string of the molecule is CCN(CC)c1ccc([C@H]2c3sc(=O)n(CC(=O)Nc4ccc(F)cc4)c3SC3C(=O)N(c4ccc(C)cc4)C(=O)C32)cc1. The van der Waals surface area contributed by atoms with Gasteiger partial charge in [0.05, 0.1) is 16.6 Å². The second-order valence-electron chi connectivity index (χ2n) is 10.8. The molecule has 2 unspecified atom stereocenters. The molecule has 4 aromatic rings. The number of aryl methyl sites for hydroxylation is 1. The third-order valence-electron chi connectivity index (χ3n) is 8.15. The number of halogens is 1. The van der Waals surface area contributed by atoms with Gasteiger partial charge in [-0.2, -0.15) is 0 Å². The molecule has 0 bridgehead atoms. The third kappa shape index (κ3) is 5.35. The Hall–Kier alpha value is -4.22. The van der Waals surface area contributed by atoms with Gasteiger partial charge in [-0.05, 0) is 74.9 Å². The average molecular weight is 631 g/mol. The number of nitrogens with zero attached hydrogens (tertiary/aromatic N) is 3. The maximum Gasteiger partial charge on any atom is 0.308 e. The number of nitrogens with one attached hydrogen (secondary N) is 1. The summed E-state index contributed by atoms with van der Waals surface area (Å²) in [5.74, 6) is -2.80. The standard InChI is InChI=1S/C33H31FN4O4S2/c1-4-36(5-2)23-16-8-20(9-17-23)26-27-28(31(41)38(30(27)40)24-14-6-19(3)7-15-24)43-32-29(26)44-33(42)37(32)18-25(39)35-22-12-10-21(34)11-13-22/h6-17,26-28H,4-5,18H2,1-3H3,(H,35,39)/t26-,27?,28?/m1/s1. The Balaban J connectivity index is 1.41. The zero-order valence-corrected chi connectivity index (χ0v) is 26.1. The second kappa shape index (κ2) is 12.0. The first-order valence-corrected chi connectivity index (χ1v) is 16.1. The van der Waals surface area contributed by atoms with E-state index in [4.69, 9.17) is 0 Å². The van der Waals surface area contributed by atoms with Gasteiger partial charge in [0.25, 0.3) is 0 Å². The van der Waals surface area contributed by atoms with Crippen LogP contribution >= 0.6 is 23.1 Å². The molecule has 226 valence electrons. The fourth-order valence-corrected chi connectivity index (χ4v) is 8.69. The molecule has 0 saturated carbocycles. The zero-order chi connectivity index (χ0) is 31.1. The van der Waals surface area contributed by atoms with Gasteiger partial charge >= 0.3 is 4.87 Å². The monoisotopic (exact) mass is 630 g/mol. The quantitative estimate of drug-likeness (QED) is 0.254. The first-order valence-electron chi connectivity index (χ1n) is 14.4. The molecule has 0 spiro atoms. The first kappa shape index (κ1) is 29.8. The molecule has 1 fully saturated rings. The van der Waals surface area contributed by atoms with Gasteiger partial charge in [-0.3, -0.25) is 23.7 Å². The maximum absolute atomic E-state index is 14.1. The number of anilines is 3. The molecular formula is C33H31FN4O4S2. The average Bonchev–Trinajstić information content (AvgIpc) is 3.46. The number of thioether (sulfide) groups is 1. The Morgan fingerprint density at radius 1 is 0.909 bits per heavy atom. The van der Waals surface area contributed by atoms with Crippen LogP contribution < -0.4 is 20.0 Å². The van der Waals surface area contributed by atoms with Gasteiger partial charge < -0.3 is 10.2 Å².